The van der Waals surface area contributed by atoms with Gasteiger partial charge in [-0.25, -0.2) is 0 Å². The Kier molecular flexibility index (Phi) is 4.73. The number of hydrogen-bond acceptors (Lipinski definition) is 4. The summed E-state index contributed by atoms with van der Waals surface area (Å²) >= 11 is 1.53. The molecule has 20 heavy (non-hydrogen) atoms. The molecule has 4 nitrogen and oxygen atoms in total. The first-order valence-electron chi connectivity index (χ1n) is 7.17. The molecule has 0 aromatic heterocycles. The topological polar surface area (TPSA) is 76.7 Å². The molecule has 1 amide bonds. The molecule has 0 saturated heterocycles. The maximum absolute atomic E-state index is 12.2. The first kappa shape index (κ1) is 14.9. The van der Waals surface area contributed by atoms with E-state index < -0.39 is 11.3 Å². The molecule has 0 unspecified atom stereocenters. The van der Waals surface area contributed by atoms with Crippen molar-refractivity contribution in [2.24, 2.45) is 11.3 Å². The van der Waals surface area contributed by atoms with Crippen LogP contribution in [0, 0.1) is 34.0 Å². The van der Waals surface area contributed by atoms with E-state index in [1.165, 1.54) is 11.8 Å². The van der Waals surface area contributed by atoms with Gasteiger partial charge in [0.25, 0.3) is 0 Å². The number of amides is 1. The molecule has 2 rings (SSSR count). The summed E-state index contributed by atoms with van der Waals surface area (Å²) in [5, 5.41) is 22.5. The quantitative estimate of drug-likeness (QED) is 0.866. The van der Waals surface area contributed by atoms with Crippen LogP contribution in [0.2, 0.25) is 0 Å². The van der Waals surface area contributed by atoms with Gasteiger partial charge in [0.05, 0.1) is 22.7 Å². The van der Waals surface area contributed by atoms with Crippen molar-refractivity contribution in [3.05, 3.63) is 10.6 Å². The second kappa shape index (κ2) is 6.33. The summed E-state index contributed by atoms with van der Waals surface area (Å²) < 4.78 is 0. The van der Waals surface area contributed by atoms with Crippen LogP contribution in [0.5, 0.6) is 0 Å². The lowest BCUT2D eigenvalue weighted by atomic mass is 9.61. The van der Waals surface area contributed by atoms with Crippen molar-refractivity contribution in [1.29, 1.82) is 10.5 Å². The van der Waals surface area contributed by atoms with Gasteiger partial charge >= 0.3 is 0 Å². The monoisotopic (exact) mass is 289 g/mol. The molecule has 5 heteroatoms. The summed E-state index contributed by atoms with van der Waals surface area (Å²) in [6.07, 6.45) is 5.63. The number of hydrogen-bond donors (Lipinski definition) is 1. The molecule has 1 fully saturated rings. The third-order valence-corrected chi connectivity index (χ3v) is 5.42. The zero-order valence-electron chi connectivity index (χ0n) is 11.7. The fourth-order valence-corrected chi connectivity index (χ4v) is 4.22. The van der Waals surface area contributed by atoms with Gasteiger partial charge in [-0.2, -0.15) is 10.5 Å². The van der Waals surface area contributed by atoms with E-state index in [2.05, 4.69) is 24.4 Å². The lowest BCUT2D eigenvalue weighted by Gasteiger charge is -2.43. The van der Waals surface area contributed by atoms with Gasteiger partial charge in [-0.15, -0.1) is 11.8 Å². The zero-order valence-corrected chi connectivity index (χ0v) is 12.6. The van der Waals surface area contributed by atoms with Gasteiger partial charge in [-0.05, 0) is 25.0 Å². The molecular formula is C15H19N3OS. The Morgan fingerprint density at radius 1 is 1.35 bits per heavy atom. The summed E-state index contributed by atoms with van der Waals surface area (Å²) in [7, 11) is 0. The fourth-order valence-electron chi connectivity index (χ4n) is 3.25. The van der Waals surface area contributed by atoms with Crippen molar-refractivity contribution in [3.63, 3.8) is 0 Å². The molecule has 2 aliphatic rings. The average molecular weight is 289 g/mol. The van der Waals surface area contributed by atoms with Gasteiger partial charge in [0.2, 0.25) is 5.91 Å². The fraction of sp³-hybridized carbons (Fsp3) is 0.667. The molecule has 1 atom stereocenters. The van der Waals surface area contributed by atoms with E-state index >= 15 is 0 Å². The minimum Gasteiger partial charge on any atom is -0.319 e. The number of carbonyl (C=O) groups excluding carboxylic acids is 1. The van der Waals surface area contributed by atoms with Crippen molar-refractivity contribution in [1.82, 2.24) is 5.32 Å². The molecule has 0 radical (unpaired) electrons. The van der Waals surface area contributed by atoms with Gasteiger partial charge in [-0.3, -0.25) is 4.79 Å². The predicted octanol–water partition coefficient (Wildman–Crippen LogP) is 3.08. The summed E-state index contributed by atoms with van der Waals surface area (Å²) in [4.78, 5) is 12.2. The van der Waals surface area contributed by atoms with Crippen LogP contribution in [-0.2, 0) is 4.79 Å². The van der Waals surface area contributed by atoms with E-state index in [0.717, 1.165) is 44.3 Å². The molecule has 0 bridgehead atoms. The molecule has 0 aromatic carbocycles. The average Bonchev–Trinajstić information content (AvgIpc) is 2.46. The summed E-state index contributed by atoms with van der Waals surface area (Å²) in [6, 6.07) is 4.45. The highest BCUT2D eigenvalue weighted by Gasteiger charge is 2.51. The summed E-state index contributed by atoms with van der Waals surface area (Å²) in [5.74, 6) is -0.0795. The van der Waals surface area contributed by atoms with Crippen LogP contribution in [0.25, 0.3) is 0 Å². The molecule has 1 aliphatic carbocycles. The first-order valence-corrected chi connectivity index (χ1v) is 8.16. The molecule has 1 heterocycles. The molecule has 106 valence electrons. The number of carbonyl (C=O) groups is 1. The maximum Gasteiger partial charge on any atom is 0.243 e. The SMILES string of the molecule is CCCSC1=C(C#N)C2(CCCCC2)[C@@H](C#N)C(=O)N1. The number of allylic oxidation sites excluding steroid dienone is 1. The van der Waals surface area contributed by atoms with Crippen LogP contribution < -0.4 is 5.32 Å². The molecule has 1 saturated carbocycles. The van der Waals surface area contributed by atoms with Crippen molar-refractivity contribution in [3.8, 4) is 12.1 Å². The Morgan fingerprint density at radius 3 is 2.60 bits per heavy atom. The highest BCUT2D eigenvalue weighted by atomic mass is 32.2. The highest BCUT2D eigenvalue weighted by molar-refractivity contribution is 8.03. The molecule has 1 spiro atoms. The number of nitriles is 2. The van der Waals surface area contributed by atoms with Crippen LogP contribution in [-0.4, -0.2) is 11.7 Å². The maximum atomic E-state index is 12.2. The van der Waals surface area contributed by atoms with E-state index in [4.69, 9.17) is 0 Å². The minimum atomic E-state index is -0.719. The largest absolute Gasteiger partial charge is 0.319 e. The standard InChI is InChI=1S/C15H19N3OS/c1-2-8-20-14-12(10-17)15(6-4-3-5-7-15)11(9-16)13(19)18-14/h11H,2-8H2,1H3,(H,18,19)/t11-/m0/s1. The second-order valence-electron chi connectivity index (χ2n) is 5.43. The lowest BCUT2D eigenvalue weighted by Crippen LogP contribution is -2.48. The highest BCUT2D eigenvalue weighted by Crippen LogP contribution is 2.51. The van der Waals surface area contributed by atoms with Crippen molar-refractivity contribution >= 4 is 17.7 Å². The smallest absolute Gasteiger partial charge is 0.243 e. The van der Waals surface area contributed by atoms with Gasteiger partial charge in [0.15, 0.2) is 0 Å². The summed E-state index contributed by atoms with van der Waals surface area (Å²) in [6.45, 7) is 2.07. The Labute approximate surface area is 124 Å². The van der Waals surface area contributed by atoms with E-state index in [9.17, 15) is 15.3 Å². The van der Waals surface area contributed by atoms with Gasteiger partial charge in [0, 0.05) is 5.41 Å². The van der Waals surface area contributed by atoms with Crippen molar-refractivity contribution in [2.75, 3.05) is 5.75 Å². The third-order valence-electron chi connectivity index (χ3n) is 4.21. The van der Waals surface area contributed by atoms with E-state index in [-0.39, 0.29) is 5.91 Å². The van der Waals surface area contributed by atoms with E-state index in [1.54, 1.807) is 0 Å². The van der Waals surface area contributed by atoms with Gasteiger partial charge < -0.3 is 5.32 Å². The van der Waals surface area contributed by atoms with Crippen LogP contribution in [0.3, 0.4) is 0 Å². The van der Waals surface area contributed by atoms with Gasteiger partial charge in [0.1, 0.15) is 5.92 Å². The zero-order chi connectivity index (χ0) is 14.6. The predicted molar refractivity (Wildman–Crippen MR) is 78.2 cm³/mol. The normalized spacial score (nSPS) is 24.9. The van der Waals surface area contributed by atoms with E-state index in [1.807, 2.05) is 0 Å². The van der Waals surface area contributed by atoms with Crippen molar-refractivity contribution < 1.29 is 4.79 Å². The number of thioether (sulfide) groups is 1. The van der Waals surface area contributed by atoms with Crippen LogP contribution in [0.1, 0.15) is 45.4 Å². The number of nitrogens with zero attached hydrogens (tertiary/aromatic N) is 2. The third kappa shape index (κ3) is 2.43. The van der Waals surface area contributed by atoms with Crippen LogP contribution in [0.15, 0.2) is 10.6 Å². The number of nitrogens with one attached hydrogen (secondary N) is 1. The Morgan fingerprint density at radius 2 is 2.05 bits per heavy atom. The minimum absolute atomic E-state index is 0.230. The Hall–Kier alpha value is -1.46. The first-order chi connectivity index (χ1) is 9.69. The van der Waals surface area contributed by atoms with Crippen LogP contribution >= 0.6 is 11.8 Å². The summed E-state index contributed by atoms with van der Waals surface area (Å²) in [5.41, 5.74) is 0.0990. The number of rotatable bonds is 3. The second-order valence-corrected chi connectivity index (χ2v) is 6.54. The Balaban J connectivity index is 2.47. The molecular weight excluding hydrogens is 270 g/mol. The van der Waals surface area contributed by atoms with Crippen molar-refractivity contribution in [2.45, 2.75) is 45.4 Å². The lowest BCUT2D eigenvalue weighted by molar-refractivity contribution is -0.126. The molecule has 1 aliphatic heterocycles. The molecule has 0 aromatic rings. The van der Waals surface area contributed by atoms with Crippen LogP contribution in [0.4, 0.5) is 0 Å². The Bertz CT molecular complexity index is 506. The molecule has 1 N–H and O–H groups in total. The van der Waals surface area contributed by atoms with E-state index in [0.29, 0.717) is 10.6 Å². The van der Waals surface area contributed by atoms with Gasteiger partial charge in [-0.1, -0.05) is 26.2 Å².